The van der Waals surface area contributed by atoms with Gasteiger partial charge in [-0.25, -0.2) is 19.6 Å². The highest BCUT2D eigenvalue weighted by Crippen LogP contribution is 2.44. The molecule has 0 unspecified atom stereocenters. The number of hydrogen-bond donors (Lipinski definition) is 2. The molecule has 0 amide bonds. The number of carbonyl (C=O) groups is 4. The van der Waals surface area contributed by atoms with E-state index >= 15 is 0 Å². The molecule has 10 heteroatoms. The van der Waals surface area contributed by atoms with E-state index in [1.807, 2.05) is 24.3 Å². The number of aromatic nitrogens is 2. The van der Waals surface area contributed by atoms with Crippen LogP contribution in [0.25, 0.3) is 55.1 Å². The third-order valence-corrected chi connectivity index (χ3v) is 6.76. The van der Waals surface area contributed by atoms with Gasteiger partial charge in [0.2, 0.25) is 0 Å². The van der Waals surface area contributed by atoms with Crippen LogP contribution < -0.4 is 9.47 Å². The van der Waals surface area contributed by atoms with E-state index < -0.39 is 11.9 Å². The first-order valence-electron chi connectivity index (χ1n) is 12.5. The number of carboxylic acids is 2. The molecule has 204 valence electrons. The quantitative estimate of drug-likeness (QED) is 0.175. The van der Waals surface area contributed by atoms with E-state index in [0.29, 0.717) is 55.1 Å². The van der Waals surface area contributed by atoms with Crippen LogP contribution in [0.5, 0.6) is 11.5 Å². The Balaban J connectivity index is 1.82. The topological polar surface area (TPSA) is 153 Å². The summed E-state index contributed by atoms with van der Waals surface area (Å²) in [4.78, 5) is 56.2. The number of rotatable bonds is 8. The summed E-state index contributed by atoms with van der Waals surface area (Å²) in [6.07, 6.45) is 0. The molecule has 0 fully saturated rings. The first kappa shape index (κ1) is 26.1. The first-order valence-corrected chi connectivity index (χ1v) is 12.5. The molecule has 0 saturated carbocycles. The summed E-state index contributed by atoms with van der Waals surface area (Å²) >= 11 is 0. The molecule has 0 aliphatic carbocycles. The van der Waals surface area contributed by atoms with Gasteiger partial charge in [-0.3, -0.25) is 9.59 Å². The Morgan fingerprint density at radius 2 is 1.00 bits per heavy atom. The second-order valence-electron chi connectivity index (χ2n) is 9.24. The van der Waals surface area contributed by atoms with Crippen molar-refractivity contribution in [1.82, 2.24) is 9.97 Å². The molecular formula is C32H18N2O8. The fraction of sp³-hybridized carbons (Fsp3) is 0. The predicted molar refractivity (Wildman–Crippen MR) is 153 cm³/mol. The lowest BCUT2D eigenvalue weighted by atomic mass is 9.88. The highest BCUT2D eigenvalue weighted by atomic mass is 16.5. The monoisotopic (exact) mass is 558 g/mol. The van der Waals surface area contributed by atoms with Crippen LogP contribution in [-0.4, -0.2) is 45.1 Å². The summed E-state index contributed by atoms with van der Waals surface area (Å²) in [5, 5.41) is 20.9. The Kier molecular flexibility index (Phi) is 6.48. The summed E-state index contributed by atoms with van der Waals surface area (Å²) in [5.41, 5.74) is 3.57. The molecule has 1 heterocycles. The molecule has 0 aliphatic rings. The van der Waals surface area contributed by atoms with Gasteiger partial charge in [-0.15, -0.1) is 0 Å². The summed E-state index contributed by atoms with van der Waals surface area (Å²) < 4.78 is 10.1. The van der Waals surface area contributed by atoms with E-state index in [1.165, 1.54) is 24.3 Å². The van der Waals surface area contributed by atoms with Crippen molar-refractivity contribution in [1.29, 1.82) is 0 Å². The van der Waals surface area contributed by atoms with Crippen LogP contribution in [0.4, 0.5) is 0 Å². The molecule has 1 aromatic heterocycles. The maximum atomic E-state index is 12.0. The van der Waals surface area contributed by atoms with Crippen LogP contribution in [0.2, 0.25) is 0 Å². The molecule has 0 spiro atoms. The Morgan fingerprint density at radius 3 is 1.38 bits per heavy atom. The molecular weight excluding hydrogens is 540 g/mol. The lowest BCUT2D eigenvalue weighted by Gasteiger charge is -2.18. The fourth-order valence-electron chi connectivity index (χ4n) is 5.09. The van der Waals surface area contributed by atoms with E-state index in [1.54, 1.807) is 36.4 Å². The number of carbonyl (C=O) groups excluding carboxylic acids is 2. The molecule has 42 heavy (non-hydrogen) atoms. The van der Waals surface area contributed by atoms with Gasteiger partial charge in [0.1, 0.15) is 11.5 Å². The lowest BCUT2D eigenvalue weighted by molar-refractivity contribution is -0.121. The van der Waals surface area contributed by atoms with Gasteiger partial charge in [0, 0.05) is 11.1 Å². The number of carboxylic acid groups (broad SMARTS) is 2. The van der Waals surface area contributed by atoms with Gasteiger partial charge in [-0.2, -0.15) is 0 Å². The van der Waals surface area contributed by atoms with E-state index in [4.69, 9.17) is 19.4 Å². The Bertz CT molecular complexity index is 1960. The Morgan fingerprint density at radius 1 is 0.595 bits per heavy atom. The van der Waals surface area contributed by atoms with Gasteiger partial charge < -0.3 is 19.7 Å². The van der Waals surface area contributed by atoms with Gasteiger partial charge in [-0.05, 0) is 70.4 Å². The third-order valence-electron chi connectivity index (χ3n) is 6.76. The number of benzene rings is 5. The number of hydrogen-bond acceptors (Lipinski definition) is 8. The molecule has 0 bridgehead atoms. The Labute approximate surface area is 236 Å². The molecule has 0 radical (unpaired) electrons. The number of nitrogens with zero attached hydrogens (tertiary/aromatic N) is 2. The number of ether oxygens (including phenoxy) is 2. The van der Waals surface area contributed by atoms with Crippen LogP contribution in [-0.2, 0) is 9.59 Å². The minimum Gasteiger partial charge on any atom is -0.478 e. The van der Waals surface area contributed by atoms with Crippen molar-refractivity contribution in [3.05, 3.63) is 96.1 Å². The average molecular weight is 559 g/mol. The molecule has 6 rings (SSSR count). The molecule has 2 N–H and O–H groups in total. The molecule has 0 saturated heterocycles. The van der Waals surface area contributed by atoms with Crippen molar-refractivity contribution in [3.8, 4) is 33.8 Å². The predicted octanol–water partition coefficient (Wildman–Crippen LogP) is 5.74. The zero-order valence-corrected chi connectivity index (χ0v) is 21.5. The van der Waals surface area contributed by atoms with Crippen LogP contribution in [0, 0.1) is 0 Å². The van der Waals surface area contributed by atoms with Crippen molar-refractivity contribution in [2.45, 2.75) is 0 Å². The van der Waals surface area contributed by atoms with Gasteiger partial charge in [0.25, 0.3) is 12.9 Å². The molecule has 0 atom stereocenters. The number of aromatic carboxylic acids is 2. The van der Waals surface area contributed by atoms with Crippen LogP contribution in [0.15, 0.2) is 84.9 Å². The first-order chi connectivity index (χ1) is 20.4. The van der Waals surface area contributed by atoms with Gasteiger partial charge >= 0.3 is 11.9 Å². The van der Waals surface area contributed by atoms with Crippen molar-refractivity contribution in [3.63, 3.8) is 0 Å². The number of para-hydroxylation sites is 2. The van der Waals surface area contributed by atoms with Gasteiger partial charge in [0.15, 0.2) is 0 Å². The molecule has 0 aliphatic heterocycles. The number of fused-ring (bicyclic) bond motifs is 3. The normalized spacial score (nSPS) is 11.0. The third kappa shape index (κ3) is 4.52. The summed E-state index contributed by atoms with van der Waals surface area (Å²) in [7, 11) is 0. The average Bonchev–Trinajstić information content (AvgIpc) is 2.98. The van der Waals surface area contributed by atoms with Crippen LogP contribution in [0.1, 0.15) is 20.7 Å². The second-order valence-corrected chi connectivity index (χ2v) is 9.24. The Hall–Kier alpha value is -6.16. The highest BCUT2D eigenvalue weighted by molar-refractivity contribution is 6.20. The van der Waals surface area contributed by atoms with Crippen molar-refractivity contribution >= 4 is 57.7 Å². The minimum absolute atomic E-state index is 0.0276. The van der Waals surface area contributed by atoms with E-state index in [-0.39, 0.29) is 35.6 Å². The molecule has 10 nitrogen and oxygen atoms in total. The van der Waals surface area contributed by atoms with Crippen molar-refractivity contribution < 1.29 is 38.9 Å². The summed E-state index contributed by atoms with van der Waals surface area (Å²) in [6.45, 7) is 0.428. The summed E-state index contributed by atoms with van der Waals surface area (Å²) in [6, 6.07) is 22.9. The minimum atomic E-state index is -1.22. The molecule has 5 aromatic carbocycles. The van der Waals surface area contributed by atoms with E-state index in [0.717, 1.165) is 0 Å². The van der Waals surface area contributed by atoms with Crippen molar-refractivity contribution in [2.24, 2.45) is 0 Å². The second kappa shape index (κ2) is 10.4. The fourth-order valence-corrected chi connectivity index (χ4v) is 5.09. The SMILES string of the molecule is O=COc1cc(C(=O)O)cc(-c2c3ccccc3c(-c3cc(OC=O)cc(C(=O)O)c3)c3nc4ccccc4nc23)c1. The van der Waals surface area contributed by atoms with Gasteiger partial charge in [0.05, 0.1) is 33.2 Å². The zero-order chi connectivity index (χ0) is 29.4. The summed E-state index contributed by atoms with van der Waals surface area (Å²) in [5.74, 6) is -2.38. The van der Waals surface area contributed by atoms with Crippen LogP contribution in [0.3, 0.4) is 0 Å². The maximum absolute atomic E-state index is 12.0. The van der Waals surface area contributed by atoms with E-state index in [9.17, 15) is 29.4 Å². The maximum Gasteiger partial charge on any atom is 0.335 e. The smallest absolute Gasteiger partial charge is 0.335 e. The molecule has 6 aromatic rings. The largest absolute Gasteiger partial charge is 0.478 e. The van der Waals surface area contributed by atoms with Crippen LogP contribution >= 0.6 is 0 Å². The zero-order valence-electron chi connectivity index (χ0n) is 21.5. The lowest BCUT2D eigenvalue weighted by Crippen LogP contribution is -2.02. The van der Waals surface area contributed by atoms with E-state index in [2.05, 4.69) is 0 Å². The van der Waals surface area contributed by atoms with Gasteiger partial charge in [-0.1, -0.05) is 36.4 Å². The standard InChI is InChI=1S/C32H18N2O8/c35-15-41-21-11-17(9-19(13-21)31(37)38)27-23-5-1-2-6-24(23)28(18-10-20(32(39)40)14-22(12-18)42-16-36)30-29(27)33-25-7-3-4-8-26(25)34-30/h1-16H,(H,37,38)(H,39,40). The highest BCUT2D eigenvalue weighted by Gasteiger charge is 2.22. The van der Waals surface area contributed by atoms with Crippen molar-refractivity contribution in [2.75, 3.05) is 0 Å².